The van der Waals surface area contributed by atoms with E-state index in [4.69, 9.17) is 37.4 Å². The number of oxime groups is 2. The van der Waals surface area contributed by atoms with E-state index in [1.165, 1.54) is 75.0 Å². The first-order valence-electron chi connectivity index (χ1n) is 35.9. The average molecular weight is 1520 g/mol. The molecule has 0 bridgehead atoms. The number of nitrogens with zero attached hydrogens (tertiary/aromatic N) is 8. The Kier molecular flexibility index (Phi) is 20.8. The van der Waals surface area contributed by atoms with Gasteiger partial charge in [-0.2, -0.15) is 0 Å². The molecule has 6 aromatic carbocycles. The van der Waals surface area contributed by atoms with Gasteiger partial charge in [0.25, 0.3) is 35.4 Å². The van der Waals surface area contributed by atoms with Crippen LogP contribution in [0.5, 0.6) is 23.0 Å². The fourth-order valence-corrected chi connectivity index (χ4v) is 15.0. The fourth-order valence-electron chi connectivity index (χ4n) is 15.0. The lowest BCUT2D eigenvalue weighted by Gasteiger charge is -2.35. The van der Waals surface area contributed by atoms with Crippen molar-refractivity contribution in [3.05, 3.63) is 189 Å². The van der Waals surface area contributed by atoms with E-state index >= 15 is 0 Å². The zero-order chi connectivity index (χ0) is 78.0. The van der Waals surface area contributed by atoms with Crippen LogP contribution in [0, 0.1) is 0 Å². The maximum atomic E-state index is 13.3. The molecule has 0 radical (unpaired) electrons. The molecule has 3 aromatic heterocycles. The summed E-state index contributed by atoms with van der Waals surface area (Å²) in [4.78, 5) is 126. The Morgan fingerprint density at radius 3 is 1.19 bits per heavy atom. The molecule has 0 unspecified atom stereocenters. The van der Waals surface area contributed by atoms with Crippen LogP contribution < -0.4 is 56.2 Å². The van der Waals surface area contributed by atoms with Gasteiger partial charge < -0.3 is 93.3 Å². The van der Waals surface area contributed by atoms with Gasteiger partial charge in [0.05, 0.1) is 54.3 Å². The number of ether oxygens (including phenoxy) is 4. The van der Waals surface area contributed by atoms with Crippen molar-refractivity contribution in [1.29, 1.82) is 0 Å². The van der Waals surface area contributed by atoms with Crippen molar-refractivity contribution in [3.63, 3.8) is 0 Å². The summed E-state index contributed by atoms with van der Waals surface area (Å²) in [7, 11) is 6.13. The Morgan fingerprint density at radius 1 is 0.450 bits per heavy atom. The second-order valence-corrected chi connectivity index (χ2v) is 27.6. The number of piperazine rings is 2. The van der Waals surface area contributed by atoms with E-state index in [0.29, 0.717) is 96.1 Å². The van der Waals surface area contributed by atoms with Crippen LogP contribution in [0.4, 0.5) is 14.4 Å². The third kappa shape index (κ3) is 14.5. The average Bonchev–Trinajstić information content (AvgIpc) is 1.60. The van der Waals surface area contributed by atoms with E-state index < -0.39 is 52.4 Å². The number of benzene rings is 6. The summed E-state index contributed by atoms with van der Waals surface area (Å²) in [5, 5.41) is 45.4. The molecule has 0 aliphatic carbocycles. The van der Waals surface area contributed by atoms with Gasteiger partial charge in [0.2, 0.25) is 0 Å². The second kappa shape index (κ2) is 30.9. The molecule has 17 rings (SSSR count). The van der Waals surface area contributed by atoms with E-state index in [0.717, 1.165) is 49.4 Å². The van der Waals surface area contributed by atoms with Gasteiger partial charge in [-0.05, 0) is 145 Å². The third-order valence-electron chi connectivity index (χ3n) is 21.1. The molecule has 8 aliphatic heterocycles. The van der Waals surface area contributed by atoms with Crippen molar-refractivity contribution < 1.29 is 85.8 Å². The number of nitrogens with one attached hydrogen (secondary N) is 7. The Bertz CT molecular complexity index is 5270. The highest BCUT2D eigenvalue weighted by molar-refractivity contribution is 6.11. The zero-order valence-corrected chi connectivity index (χ0v) is 61.5. The molecule has 8 aliphatic rings. The van der Waals surface area contributed by atoms with Crippen LogP contribution in [-0.2, 0) is 50.6 Å². The van der Waals surface area contributed by atoms with Gasteiger partial charge in [-0.15, -0.1) is 0 Å². The second-order valence-electron chi connectivity index (χ2n) is 27.6. The van der Waals surface area contributed by atoms with Crippen LogP contribution in [0.25, 0.3) is 32.9 Å². The molecular formula is C78H81N15O18. The van der Waals surface area contributed by atoms with Gasteiger partial charge in [-0.1, -0.05) is 42.4 Å². The van der Waals surface area contributed by atoms with Crippen LogP contribution >= 0.6 is 0 Å². The Labute approximate surface area is 634 Å². The molecule has 0 spiro atoms. The molecular weight excluding hydrogens is 1430 g/mol. The van der Waals surface area contributed by atoms with Crippen molar-refractivity contribution in [1.82, 2.24) is 66.6 Å². The number of urea groups is 3. The van der Waals surface area contributed by atoms with E-state index in [1.54, 1.807) is 116 Å². The number of carbonyl (C=O) groups excluding carboxylic acids is 9. The topological polar surface area (TPSA) is 399 Å². The number of amidine groups is 1. The summed E-state index contributed by atoms with van der Waals surface area (Å²) < 4.78 is 38.9. The number of fused-ring (bicyclic) bond motifs is 6. The summed E-state index contributed by atoms with van der Waals surface area (Å²) in [5.74, 6) is 0.806. The number of amides is 12. The molecule has 3 atom stereocenters. The van der Waals surface area contributed by atoms with Crippen LogP contribution in [0.3, 0.4) is 0 Å². The monoisotopic (exact) mass is 1520 g/mol. The Hall–Kier alpha value is -13.0. The van der Waals surface area contributed by atoms with Crippen LogP contribution in [0.1, 0.15) is 90.0 Å². The van der Waals surface area contributed by atoms with Crippen molar-refractivity contribution >= 4 is 98.5 Å². The third-order valence-corrected chi connectivity index (χ3v) is 21.1. The van der Waals surface area contributed by atoms with E-state index in [9.17, 15) is 48.4 Å². The molecule has 9 aromatic rings. The number of rotatable bonds is 17. The van der Waals surface area contributed by atoms with Crippen molar-refractivity contribution in [2.75, 3.05) is 114 Å². The molecule has 33 heteroatoms. The van der Waals surface area contributed by atoms with Crippen molar-refractivity contribution in [2.24, 2.45) is 10.3 Å². The minimum Gasteiger partial charge on any atom is -0.497 e. The smallest absolute Gasteiger partial charge is 0.322 e. The number of furan rings is 3. The Morgan fingerprint density at radius 2 is 0.820 bits per heavy atom. The summed E-state index contributed by atoms with van der Waals surface area (Å²) in [5.41, 5.74) is 1.95. The molecule has 576 valence electrons. The number of hydrogen-bond acceptors (Lipinski definition) is 23. The minimum absolute atomic E-state index is 0.0860. The maximum absolute atomic E-state index is 13.3. The molecule has 11 heterocycles. The predicted octanol–water partition coefficient (Wildman–Crippen LogP) is 5.90. The van der Waals surface area contributed by atoms with Gasteiger partial charge in [0, 0.05) is 110 Å². The first-order chi connectivity index (χ1) is 53.6. The molecule has 111 heavy (non-hydrogen) atoms. The molecule has 5 saturated heterocycles. The van der Waals surface area contributed by atoms with Crippen LogP contribution in [0.2, 0.25) is 0 Å². The summed E-state index contributed by atoms with van der Waals surface area (Å²) in [6, 6.07) is 34.4. The molecule has 0 saturated carbocycles. The van der Waals surface area contributed by atoms with E-state index in [1.807, 2.05) is 23.1 Å². The summed E-state index contributed by atoms with van der Waals surface area (Å²) in [6.07, 6.45) is 1.26. The van der Waals surface area contributed by atoms with E-state index in [-0.39, 0.29) is 67.7 Å². The molecule has 33 nitrogen and oxygen atoms in total. The quantitative estimate of drug-likeness (QED) is 0.0168. The number of methoxy groups -OCH3 is 4. The lowest BCUT2D eigenvalue weighted by molar-refractivity contribution is -0.126. The maximum Gasteiger partial charge on any atom is 0.322 e. The zero-order valence-electron chi connectivity index (χ0n) is 61.5. The number of likely N-dealkylation sites (N-methyl/N-ethyl adjacent to an activating group) is 2. The van der Waals surface area contributed by atoms with Gasteiger partial charge in [0.15, 0.2) is 22.5 Å². The van der Waals surface area contributed by atoms with Crippen LogP contribution in [0.15, 0.2) is 151 Å². The summed E-state index contributed by atoms with van der Waals surface area (Å²) in [6.45, 7) is 15.1. The highest BCUT2D eigenvalue weighted by Gasteiger charge is 2.56. The summed E-state index contributed by atoms with van der Waals surface area (Å²) >= 11 is 0. The number of carbonyl (C=O) groups is 9. The van der Waals surface area contributed by atoms with Gasteiger partial charge in [0.1, 0.15) is 57.0 Å². The Balaban J connectivity index is 0.000000133. The van der Waals surface area contributed by atoms with Crippen molar-refractivity contribution in [3.8, 4) is 23.0 Å². The van der Waals surface area contributed by atoms with Gasteiger partial charge in [-0.25, -0.2) is 14.4 Å². The first-order valence-corrected chi connectivity index (χ1v) is 35.9. The highest BCUT2D eigenvalue weighted by atomic mass is 16.5. The minimum atomic E-state index is -1.62. The first kappa shape index (κ1) is 74.8. The SMILES string of the molecule is CCN1CCN(C(=NO)c2ccc3oc([C@]4(CN5Cc6ccc(OC)cc6C5=O)NC(=O)NC4=O)cc3c2)CC1.CCN1CCNCC1.COc1ccc2c(c1)C(=O)N(C[C@@]1(c3cc4cc(C=NO)ccc4o3)NC(=O)NC1=O)C2.COc1ccc2c(c1)C(=O)N(C[C@@]1(c3cc4cc(OC)ccc4o3)NC(=O)NC1=O)C2. The fraction of sp³-hybridized carbons (Fsp3) is 0.321. The van der Waals surface area contributed by atoms with Crippen LogP contribution in [-0.4, -0.2) is 219 Å². The normalized spacial score (nSPS) is 20.9. The number of imide groups is 3. The van der Waals surface area contributed by atoms with Crippen molar-refractivity contribution in [2.45, 2.75) is 50.1 Å². The molecule has 9 N–H and O–H groups in total. The van der Waals surface area contributed by atoms with Gasteiger partial charge >= 0.3 is 18.1 Å². The molecule has 5 fully saturated rings. The van der Waals surface area contributed by atoms with Gasteiger partial charge in [-0.3, -0.25) is 44.7 Å². The van der Waals surface area contributed by atoms with E-state index in [2.05, 4.69) is 71.2 Å². The lowest BCUT2D eigenvalue weighted by Crippen LogP contribution is -2.52. The standard InChI is InChI=1S/C28H30N6O6.C22H18N4O6.C22H19N3O6.C6H14N2/c1-3-32-8-10-33(11-9-32)24(31-38)17-5-7-22-19(12-17)13-23(40-22)28(26(36)29-27(37)30-28)16-34-15-18-4-6-20(39-2)14-21(18)25(34)35;1-31-15-4-3-13-10-26(19(27)16(13)8-15)11-22(20(28)24-21(29)25-22)18-7-14-6-12(9-23-30)2-5-17(14)32-18;1-29-14-5-6-17-13(7-14)8-18(31-17)22(20(27)23-21(28)24-22)11-25-10-12-3-4-15(30-2)9-16(12)19(25)26;1-2-8-5-3-7-4-6-8/h4-7,12-14,38H,3,8-11,15-16H2,1-2H3,(H2,29,30,36,37);2-9,30H,10-11H2,1H3,(H2,24,25,28,29);3-9H,10-11H2,1-2H3,(H2,23,24,27,28);7H,2-6H2,1H3/t28-;2*22-;/m000./s1. The number of hydrogen-bond donors (Lipinski definition) is 9. The largest absolute Gasteiger partial charge is 0.497 e. The highest BCUT2D eigenvalue weighted by Crippen LogP contribution is 2.40. The molecule has 12 amide bonds. The predicted molar refractivity (Wildman–Crippen MR) is 400 cm³/mol. The lowest BCUT2D eigenvalue weighted by atomic mass is 9.95.